The lowest BCUT2D eigenvalue weighted by molar-refractivity contribution is 0.225. The Morgan fingerprint density at radius 1 is 1.42 bits per heavy atom. The number of nitrogens with zero attached hydrogens (tertiary/aromatic N) is 1. The van der Waals surface area contributed by atoms with E-state index in [-0.39, 0.29) is 0 Å². The van der Waals surface area contributed by atoms with Gasteiger partial charge in [0.05, 0.1) is 13.1 Å². The van der Waals surface area contributed by atoms with Crippen molar-refractivity contribution in [3.63, 3.8) is 0 Å². The molecule has 1 saturated carbocycles. The Hall–Kier alpha value is -1.10. The number of nitrogens with two attached hydrogens (primary N) is 1. The summed E-state index contributed by atoms with van der Waals surface area (Å²) in [6.45, 7) is 4.47. The summed E-state index contributed by atoms with van der Waals surface area (Å²) in [7, 11) is 0. The third-order valence-corrected chi connectivity index (χ3v) is 4.48. The molecule has 19 heavy (non-hydrogen) atoms. The van der Waals surface area contributed by atoms with E-state index in [9.17, 15) is 0 Å². The van der Waals surface area contributed by atoms with Crippen LogP contribution in [0.1, 0.15) is 34.8 Å². The van der Waals surface area contributed by atoms with Crippen LogP contribution in [0.5, 0.6) is 0 Å². The molecule has 0 spiro atoms. The van der Waals surface area contributed by atoms with Crippen LogP contribution < -0.4 is 5.73 Å². The van der Waals surface area contributed by atoms with Crippen LogP contribution in [0, 0.1) is 6.92 Å². The highest BCUT2D eigenvalue weighted by atomic mass is 32.1. The topological polar surface area (TPSA) is 42.4 Å². The lowest BCUT2D eigenvalue weighted by atomic mass is 10.2. The van der Waals surface area contributed by atoms with E-state index < -0.39 is 0 Å². The molecule has 2 aromatic heterocycles. The van der Waals surface area contributed by atoms with Crippen molar-refractivity contribution in [1.82, 2.24) is 4.90 Å². The Bertz CT molecular complexity index is 528. The molecule has 0 atom stereocenters. The molecular formula is C15H20N2OS. The summed E-state index contributed by atoms with van der Waals surface area (Å²) in [5.74, 6) is 1.96. The van der Waals surface area contributed by atoms with Gasteiger partial charge in [-0.15, -0.1) is 11.3 Å². The number of aryl methyl sites for hydroxylation is 1. The molecule has 3 nitrogen and oxygen atoms in total. The van der Waals surface area contributed by atoms with Crippen LogP contribution in [0.25, 0.3) is 0 Å². The minimum absolute atomic E-state index is 0.486. The Balaban J connectivity index is 1.70. The van der Waals surface area contributed by atoms with Crippen LogP contribution in [-0.2, 0) is 19.6 Å². The predicted octanol–water partition coefficient (Wildman–Crippen LogP) is 3.27. The van der Waals surface area contributed by atoms with E-state index in [1.807, 2.05) is 11.3 Å². The van der Waals surface area contributed by atoms with E-state index in [2.05, 4.69) is 35.4 Å². The zero-order valence-corrected chi connectivity index (χ0v) is 12.1. The average molecular weight is 276 g/mol. The van der Waals surface area contributed by atoms with Crippen molar-refractivity contribution in [2.75, 3.05) is 0 Å². The van der Waals surface area contributed by atoms with Gasteiger partial charge in [0, 0.05) is 17.5 Å². The van der Waals surface area contributed by atoms with Gasteiger partial charge in [-0.3, -0.25) is 4.90 Å². The van der Waals surface area contributed by atoms with Crippen LogP contribution >= 0.6 is 11.3 Å². The first kappa shape index (κ1) is 12.9. The van der Waals surface area contributed by atoms with Crippen molar-refractivity contribution in [2.45, 2.75) is 45.4 Å². The molecule has 3 rings (SSSR count). The smallest absolute Gasteiger partial charge is 0.120 e. The van der Waals surface area contributed by atoms with Crippen molar-refractivity contribution in [2.24, 2.45) is 5.73 Å². The molecule has 0 radical (unpaired) electrons. The second-order valence-electron chi connectivity index (χ2n) is 5.24. The average Bonchev–Trinajstić information content (AvgIpc) is 3.01. The maximum atomic E-state index is 5.83. The summed E-state index contributed by atoms with van der Waals surface area (Å²) < 4.78 is 5.83. The largest absolute Gasteiger partial charge is 0.463 e. The van der Waals surface area contributed by atoms with Gasteiger partial charge in [0.15, 0.2) is 0 Å². The lowest BCUT2D eigenvalue weighted by Gasteiger charge is -2.19. The van der Waals surface area contributed by atoms with Crippen molar-refractivity contribution < 1.29 is 4.42 Å². The van der Waals surface area contributed by atoms with E-state index in [4.69, 9.17) is 10.2 Å². The first-order chi connectivity index (χ1) is 9.26. The first-order valence-electron chi connectivity index (χ1n) is 6.81. The summed E-state index contributed by atoms with van der Waals surface area (Å²) >= 11 is 1.83. The van der Waals surface area contributed by atoms with Crippen molar-refractivity contribution >= 4 is 11.3 Å². The lowest BCUT2D eigenvalue weighted by Crippen LogP contribution is -2.24. The standard InChI is InChI=1S/C15H20N2OS/c1-11-7-13(18-15(11)8-16)9-17(12-4-5-12)10-14-3-2-6-19-14/h2-3,6-7,12H,4-5,8-10,16H2,1H3. The third-order valence-electron chi connectivity index (χ3n) is 3.62. The van der Waals surface area contributed by atoms with E-state index in [1.54, 1.807) is 0 Å². The van der Waals surface area contributed by atoms with Gasteiger partial charge in [-0.05, 0) is 42.8 Å². The number of furan rings is 1. The molecule has 102 valence electrons. The fraction of sp³-hybridized carbons (Fsp3) is 0.467. The SMILES string of the molecule is Cc1cc(CN(Cc2cccs2)C2CC2)oc1CN. The van der Waals surface area contributed by atoms with Crippen LogP contribution in [0.4, 0.5) is 0 Å². The Morgan fingerprint density at radius 3 is 2.84 bits per heavy atom. The monoisotopic (exact) mass is 276 g/mol. The van der Waals surface area contributed by atoms with Gasteiger partial charge in [-0.1, -0.05) is 6.07 Å². The van der Waals surface area contributed by atoms with Gasteiger partial charge in [-0.2, -0.15) is 0 Å². The van der Waals surface area contributed by atoms with Gasteiger partial charge < -0.3 is 10.2 Å². The zero-order valence-electron chi connectivity index (χ0n) is 11.3. The molecule has 1 aliphatic rings. The molecule has 4 heteroatoms. The maximum Gasteiger partial charge on any atom is 0.120 e. The molecule has 0 saturated heterocycles. The molecule has 2 heterocycles. The van der Waals surface area contributed by atoms with Crippen molar-refractivity contribution in [3.05, 3.63) is 45.5 Å². The maximum absolute atomic E-state index is 5.83. The normalized spacial score (nSPS) is 15.3. The number of thiophene rings is 1. The molecule has 0 aliphatic heterocycles. The second kappa shape index (κ2) is 5.49. The van der Waals surface area contributed by atoms with E-state index in [1.165, 1.54) is 23.3 Å². The van der Waals surface area contributed by atoms with Gasteiger partial charge in [0.25, 0.3) is 0 Å². The third kappa shape index (κ3) is 3.08. The zero-order chi connectivity index (χ0) is 13.2. The number of rotatable bonds is 6. The minimum atomic E-state index is 0.486. The summed E-state index contributed by atoms with van der Waals surface area (Å²) in [4.78, 5) is 3.94. The van der Waals surface area contributed by atoms with Crippen molar-refractivity contribution in [1.29, 1.82) is 0 Å². The van der Waals surface area contributed by atoms with Gasteiger partial charge >= 0.3 is 0 Å². The highest BCUT2D eigenvalue weighted by molar-refractivity contribution is 7.09. The number of hydrogen-bond acceptors (Lipinski definition) is 4. The highest BCUT2D eigenvalue weighted by Gasteiger charge is 2.29. The molecule has 1 aliphatic carbocycles. The van der Waals surface area contributed by atoms with Crippen LogP contribution in [0.15, 0.2) is 28.0 Å². The van der Waals surface area contributed by atoms with Gasteiger partial charge in [0.2, 0.25) is 0 Å². The molecule has 0 aromatic carbocycles. The molecule has 2 aromatic rings. The molecule has 0 unspecified atom stereocenters. The predicted molar refractivity (Wildman–Crippen MR) is 77.9 cm³/mol. The second-order valence-corrected chi connectivity index (χ2v) is 6.27. The van der Waals surface area contributed by atoms with Crippen molar-refractivity contribution in [3.8, 4) is 0 Å². The Morgan fingerprint density at radius 2 is 2.26 bits per heavy atom. The van der Waals surface area contributed by atoms with E-state index >= 15 is 0 Å². The minimum Gasteiger partial charge on any atom is -0.463 e. The molecule has 0 bridgehead atoms. The van der Waals surface area contributed by atoms with Crippen LogP contribution in [0.3, 0.4) is 0 Å². The summed E-state index contributed by atoms with van der Waals surface area (Å²) in [5.41, 5.74) is 6.84. The van der Waals surface area contributed by atoms with Gasteiger partial charge in [-0.25, -0.2) is 0 Å². The quantitative estimate of drug-likeness (QED) is 0.880. The number of hydrogen-bond donors (Lipinski definition) is 1. The molecular weight excluding hydrogens is 256 g/mol. The summed E-state index contributed by atoms with van der Waals surface area (Å²) in [5, 5.41) is 2.14. The molecule has 2 N–H and O–H groups in total. The fourth-order valence-electron chi connectivity index (χ4n) is 2.43. The molecule has 1 fully saturated rings. The van der Waals surface area contributed by atoms with Crippen LogP contribution in [0.2, 0.25) is 0 Å². The Kier molecular flexibility index (Phi) is 3.73. The van der Waals surface area contributed by atoms with Crippen LogP contribution in [-0.4, -0.2) is 10.9 Å². The Labute approximate surface area is 118 Å². The fourth-order valence-corrected chi connectivity index (χ4v) is 3.16. The highest BCUT2D eigenvalue weighted by Crippen LogP contribution is 2.31. The summed E-state index contributed by atoms with van der Waals surface area (Å²) in [6.07, 6.45) is 2.63. The van der Waals surface area contributed by atoms with Gasteiger partial charge in [0.1, 0.15) is 11.5 Å². The van der Waals surface area contributed by atoms with E-state index in [0.717, 1.165) is 30.7 Å². The van der Waals surface area contributed by atoms with E-state index in [0.29, 0.717) is 6.54 Å². The first-order valence-corrected chi connectivity index (χ1v) is 7.69. The molecule has 0 amide bonds. The summed E-state index contributed by atoms with van der Waals surface area (Å²) in [6, 6.07) is 7.19.